The monoisotopic (exact) mass is 493 g/mol. The molecular weight excluding hydrogens is 470 g/mol. The summed E-state index contributed by atoms with van der Waals surface area (Å²) in [5.74, 6) is -0.0726. The SMILES string of the molecule is COC(=O)c1c(-c2ccc(Oc3ccccc3)cc2)sc(C2=CCC3(CC2)OCCO3)c1[N+](=O)[O-]. The number of rotatable bonds is 6. The van der Waals surface area contributed by atoms with Crippen molar-refractivity contribution in [2.24, 2.45) is 0 Å². The summed E-state index contributed by atoms with van der Waals surface area (Å²) in [6.07, 6.45) is 3.58. The number of esters is 1. The van der Waals surface area contributed by atoms with Crippen molar-refractivity contribution in [2.45, 2.75) is 25.0 Å². The largest absolute Gasteiger partial charge is 0.465 e. The highest BCUT2D eigenvalue weighted by Crippen LogP contribution is 2.49. The second-order valence-corrected chi connectivity index (χ2v) is 9.23. The maximum Gasteiger partial charge on any atom is 0.346 e. The number of allylic oxidation sites excluding steroid dienone is 1. The molecule has 1 aliphatic heterocycles. The van der Waals surface area contributed by atoms with E-state index in [4.69, 9.17) is 18.9 Å². The van der Waals surface area contributed by atoms with Crippen molar-refractivity contribution in [1.29, 1.82) is 0 Å². The number of ether oxygens (including phenoxy) is 4. The standard InChI is InChI=1S/C26H23NO7S/c1-31-25(28)21-22(27(29)30)24(18-11-13-26(14-12-18)32-15-16-33-26)35-23(21)17-7-9-20(10-8-17)34-19-5-3-2-4-6-19/h2-11H,12-16H2,1H3. The summed E-state index contributed by atoms with van der Waals surface area (Å²) >= 11 is 1.23. The van der Waals surface area contributed by atoms with Gasteiger partial charge < -0.3 is 18.9 Å². The van der Waals surface area contributed by atoms with Crippen LogP contribution in [0, 0.1) is 10.1 Å². The molecule has 0 N–H and O–H groups in total. The number of benzene rings is 2. The van der Waals surface area contributed by atoms with Gasteiger partial charge >= 0.3 is 11.7 Å². The predicted octanol–water partition coefficient (Wildman–Crippen LogP) is 6.21. The average Bonchev–Trinajstić information content (AvgIpc) is 3.51. The van der Waals surface area contributed by atoms with Crippen LogP contribution in [0.5, 0.6) is 11.5 Å². The highest BCUT2D eigenvalue weighted by atomic mass is 32.1. The van der Waals surface area contributed by atoms with Gasteiger partial charge in [0.05, 0.1) is 30.1 Å². The summed E-state index contributed by atoms with van der Waals surface area (Å²) in [5, 5.41) is 12.2. The summed E-state index contributed by atoms with van der Waals surface area (Å²) in [5.41, 5.74) is 1.22. The first kappa shape index (κ1) is 23.2. The first-order valence-corrected chi connectivity index (χ1v) is 12.0. The molecule has 5 rings (SSSR count). The smallest absolute Gasteiger partial charge is 0.346 e. The number of hydrogen-bond acceptors (Lipinski definition) is 8. The molecular formula is C26H23NO7S. The van der Waals surface area contributed by atoms with E-state index >= 15 is 0 Å². The van der Waals surface area contributed by atoms with Crippen LogP contribution < -0.4 is 4.74 Å². The Morgan fingerprint density at radius 3 is 2.31 bits per heavy atom. The lowest BCUT2D eigenvalue weighted by Gasteiger charge is -2.30. The van der Waals surface area contributed by atoms with Crippen molar-refractivity contribution < 1.29 is 28.7 Å². The molecule has 1 aliphatic carbocycles. The number of hydrogen-bond donors (Lipinski definition) is 0. The van der Waals surface area contributed by atoms with Crippen LogP contribution >= 0.6 is 11.3 Å². The molecule has 35 heavy (non-hydrogen) atoms. The van der Waals surface area contributed by atoms with E-state index in [1.54, 1.807) is 24.3 Å². The molecule has 1 fully saturated rings. The van der Waals surface area contributed by atoms with Gasteiger partial charge in [0.1, 0.15) is 16.4 Å². The fourth-order valence-electron chi connectivity index (χ4n) is 4.38. The van der Waals surface area contributed by atoms with Gasteiger partial charge in [-0.25, -0.2) is 4.79 Å². The highest BCUT2D eigenvalue weighted by Gasteiger charge is 2.41. The molecule has 1 aromatic heterocycles. The fraction of sp³-hybridized carbons (Fsp3) is 0.269. The lowest BCUT2D eigenvalue weighted by atomic mass is 9.92. The lowest BCUT2D eigenvalue weighted by molar-refractivity contribution is -0.385. The second kappa shape index (κ2) is 9.61. The van der Waals surface area contributed by atoms with Gasteiger partial charge in [0.25, 0.3) is 0 Å². The molecule has 9 heteroatoms. The Labute approximate surface area is 205 Å². The van der Waals surface area contributed by atoms with Gasteiger partial charge in [-0.2, -0.15) is 0 Å². The maximum atomic E-state index is 12.7. The molecule has 2 aromatic carbocycles. The summed E-state index contributed by atoms with van der Waals surface area (Å²) < 4.78 is 22.3. The summed E-state index contributed by atoms with van der Waals surface area (Å²) in [6, 6.07) is 16.5. The van der Waals surface area contributed by atoms with E-state index in [-0.39, 0.29) is 11.3 Å². The van der Waals surface area contributed by atoms with Gasteiger partial charge in [-0.05, 0) is 54.0 Å². The van der Waals surface area contributed by atoms with Gasteiger partial charge in [-0.1, -0.05) is 24.3 Å². The molecule has 1 saturated heterocycles. The minimum absolute atomic E-state index is 0.0382. The number of nitro groups is 1. The highest BCUT2D eigenvalue weighted by molar-refractivity contribution is 7.17. The zero-order valence-corrected chi connectivity index (χ0v) is 19.8. The summed E-state index contributed by atoms with van der Waals surface area (Å²) in [7, 11) is 1.22. The van der Waals surface area contributed by atoms with E-state index in [2.05, 4.69) is 0 Å². The number of carbonyl (C=O) groups excluding carboxylic acids is 1. The average molecular weight is 494 g/mol. The third kappa shape index (κ3) is 4.58. The predicted molar refractivity (Wildman–Crippen MR) is 131 cm³/mol. The van der Waals surface area contributed by atoms with E-state index in [0.717, 1.165) is 5.57 Å². The van der Waals surface area contributed by atoms with Crippen LogP contribution in [0.1, 0.15) is 34.5 Å². The van der Waals surface area contributed by atoms with Gasteiger partial charge in [-0.3, -0.25) is 10.1 Å². The minimum atomic E-state index is -0.742. The molecule has 0 amide bonds. The molecule has 2 aliphatic rings. The number of para-hydroxylation sites is 1. The molecule has 2 heterocycles. The molecule has 8 nitrogen and oxygen atoms in total. The zero-order chi connectivity index (χ0) is 24.4. The Kier molecular flexibility index (Phi) is 6.38. The topological polar surface area (TPSA) is 97.1 Å². The molecule has 0 bridgehead atoms. The van der Waals surface area contributed by atoms with E-state index in [0.29, 0.717) is 59.3 Å². The van der Waals surface area contributed by atoms with Crippen molar-refractivity contribution in [3.63, 3.8) is 0 Å². The second-order valence-electron chi connectivity index (χ2n) is 8.21. The van der Waals surface area contributed by atoms with E-state index < -0.39 is 16.7 Å². The van der Waals surface area contributed by atoms with Crippen molar-refractivity contribution in [1.82, 2.24) is 0 Å². The molecule has 3 aromatic rings. The van der Waals surface area contributed by atoms with Gasteiger partial charge in [-0.15, -0.1) is 11.3 Å². The summed E-state index contributed by atoms with van der Waals surface area (Å²) in [4.78, 5) is 25.4. The van der Waals surface area contributed by atoms with Crippen molar-refractivity contribution in [3.8, 4) is 21.9 Å². The van der Waals surface area contributed by atoms with Crippen LogP contribution in [0.15, 0.2) is 60.7 Å². The Bertz CT molecular complexity index is 1280. The molecule has 0 unspecified atom stereocenters. The van der Waals surface area contributed by atoms with E-state index in [1.807, 2.05) is 36.4 Å². The minimum Gasteiger partial charge on any atom is -0.465 e. The van der Waals surface area contributed by atoms with Crippen molar-refractivity contribution in [3.05, 3.63) is 81.2 Å². The van der Waals surface area contributed by atoms with Gasteiger partial charge in [0, 0.05) is 12.8 Å². The maximum absolute atomic E-state index is 12.7. The van der Waals surface area contributed by atoms with Crippen LogP contribution in [0.2, 0.25) is 0 Å². The van der Waals surface area contributed by atoms with Crippen molar-refractivity contribution >= 4 is 28.6 Å². The molecule has 0 atom stereocenters. The Hall–Kier alpha value is -3.53. The molecule has 180 valence electrons. The third-order valence-corrected chi connectivity index (χ3v) is 7.39. The normalized spacial score (nSPS) is 16.7. The van der Waals surface area contributed by atoms with Crippen LogP contribution in [-0.4, -0.2) is 37.0 Å². The molecule has 0 saturated carbocycles. The van der Waals surface area contributed by atoms with Crippen LogP contribution in [0.3, 0.4) is 0 Å². The molecule has 0 radical (unpaired) electrons. The number of nitrogens with zero attached hydrogens (tertiary/aromatic N) is 1. The number of methoxy groups -OCH3 is 1. The summed E-state index contributed by atoms with van der Waals surface area (Å²) in [6.45, 7) is 1.09. The third-order valence-electron chi connectivity index (χ3n) is 6.09. The van der Waals surface area contributed by atoms with Crippen LogP contribution in [-0.2, 0) is 14.2 Å². The van der Waals surface area contributed by atoms with Gasteiger partial charge in [0.2, 0.25) is 0 Å². The zero-order valence-electron chi connectivity index (χ0n) is 19.0. The first-order valence-electron chi connectivity index (χ1n) is 11.2. The Balaban J connectivity index is 1.53. The Morgan fingerprint density at radius 2 is 1.71 bits per heavy atom. The fourth-order valence-corrected chi connectivity index (χ4v) is 5.71. The quantitative estimate of drug-likeness (QED) is 0.229. The first-order chi connectivity index (χ1) is 17.0. The molecule has 1 spiro atoms. The lowest BCUT2D eigenvalue weighted by Crippen LogP contribution is -2.31. The van der Waals surface area contributed by atoms with E-state index in [1.165, 1.54) is 18.4 Å². The van der Waals surface area contributed by atoms with Crippen LogP contribution in [0.4, 0.5) is 5.69 Å². The van der Waals surface area contributed by atoms with Gasteiger partial charge in [0.15, 0.2) is 11.4 Å². The number of thiophene rings is 1. The van der Waals surface area contributed by atoms with E-state index in [9.17, 15) is 14.9 Å². The van der Waals surface area contributed by atoms with Crippen molar-refractivity contribution in [2.75, 3.05) is 20.3 Å². The number of carbonyl (C=O) groups is 1. The van der Waals surface area contributed by atoms with Crippen LogP contribution in [0.25, 0.3) is 16.0 Å². The Morgan fingerprint density at radius 1 is 1.03 bits per heavy atom.